The van der Waals surface area contributed by atoms with Crippen molar-refractivity contribution in [2.45, 2.75) is 19.9 Å². The lowest BCUT2D eigenvalue weighted by atomic mass is 10.2. The summed E-state index contributed by atoms with van der Waals surface area (Å²) in [4.78, 5) is 18.3. The highest BCUT2D eigenvalue weighted by atomic mass is 35.5. The summed E-state index contributed by atoms with van der Waals surface area (Å²) in [7, 11) is 1.77. The normalized spacial score (nSPS) is 10.4. The van der Waals surface area contributed by atoms with Crippen LogP contribution in [-0.2, 0) is 6.54 Å². The molecular weight excluding hydrogens is 306 g/mol. The van der Waals surface area contributed by atoms with Crippen molar-refractivity contribution >= 4 is 34.7 Å². The fourth-order valence-corrected chi connectivity index (χ4v) is 2.73. The third-order valence-electron chi connectivity index (χ3n) is 2.99. The number of carbonyl (C=O) groups is 1. The molecule has 0 aliphatic carbocycles. The average molecular weight is 324 g/mol. The van der Waals surface area contributed by atoms with Crippen molar-refractivity contribution in [2.75, 3.05) is 18.9 Å². The molecule has 6 heteroatoms. The van der Waals surface area contributed by atoms with Gasteiger partial charge in [0.05, 0.1) is 10.6 Å². The Morgan fingerprint density at radius 2 is 2.33 bits per heavy atom. The van der Waals surface area contributed by atoms with Crippen molar-refractivity contribution < 1.29 is 4.79 Å². The molecule has 2 rings (SSSR count). The molecule has 1 N–H and O–H groups in total. The summed E-state index contributed by atoms with van der Waals surface area (Å²) >= 11 is 7.74. The number of hydrogen-bond donors (Lipinski definition) is 1. The number of carbonyl (C=O) groups excluding carboxylic acids is 1. The highest BCUT2D eigenvalue weighted by Gasteiger charge is 2.16. The summed E-state index contributed by atoms with van der Waals surface area (Å²) in [6.45, 7) is 3.45. The van der Waals surface area contributed by atoms with Gasteiger partial charge in [0, 0.05) is 26.3 Å². The standard InChI is InChI=1S/C15H18ClN3OS/c1-3-5-17-14-7-12(13(16)8-18-14)15(20)19(2)9-11-4-6-21-10-11/h4,6-8,10H,3,5,9H2,1-2H3,(H,17,18). The van der Waals surface area contributed by atoms with Crippen LogP contribution in [0.3, 0.4) is 0 Å². The Hall–Kier alpha value is -1.59. The van der Waals surface area contributed by atoms with Gasteiger partial charge in [-0.2, -0.15) is 11.3 Å². The summed E-state index contributed by atoms with van der Waals surface area (Å²) in [5.74, 6) is 0.571. The van der Waals surface area contributed by atoms with E-state index in [9.17, 15) is 4.79 Å². The summed E-state index contributed by atoms with van der Waals surface area (Å²) < 4.78 is 0. The molecule has 0 spiro atoms. The van der Waals surface area contributed by atoms with E-state index in [1.165, 1.54) is 6.20 Å². The monoisotopic (exact) mass is 323 g/mol. The number of halogens is 1. The molecule has 0 aliphatic heterocycles. The van der Waals surface area contributed by atoms with Gasteiger partial charge in [-0.25, -0.2) is 4.98 Å². The predicted octanol–water partition coefficient (Wildman–Crippen LogP) is 3.89. The first kappa shape index (κ1) is 15.8. The average Bonchev–Trinajstić information content (AvgIpc) is 2.98. The van der Waals surface area contributed by atoms with Crippen LogP contribution in [0.1, 0.15) is 29.3 Å². The van der Waals surface area contributed by atoms with E-state index < -0.39 is 0 Å². The maximum Gasteiger partial charge on any atom is 0.255 e. The molecule has 0 saturated carbocycles. The van der Waals surface area contributed by atoms with Gasteiger partial charge in [0.2, 0.25) is 0 Å². The lowest BCUT2D eigenvalue weighted by Gasteiger charge is -2.17. The van der Waals surface area contributed by atoms with Crippen LogP contribution in [0.5, 0.6) is 0 Å². The second kappa shape index (κ2) is 7.43. The van der Waals surface area contributed by atoms with Gasteiger partial charge in [0.15, 0.2) is 0 Å². The third kappa shape index (κ3) is 4.19. The predicted molar refractivity (Wildman–Crippen MR) is 88.1 cm³/mol. The zero-order valence-corrected chi connectivity index (χ0v) is 13.7. The van der Waals surface area contributed by atoms with Crippen molar-refractivity contribution in [1.29, 1.82) is 0 Å². The van der Waals surface area contributed by atoms with E-state index >= 15 is 0 Å². The van der Waals surface area contributed by atoms with Crippen LogP contribution < -0.4 is 5.32 Å². The zero-order chi connectivity index (χ0) is 15.2. The molecule has 0 fully saturated rings. The molecule has 2 aromatic heterocycles. The first-order chi connectivity index (χ1) is 10.1. The minimum atomic E-state index is -0.104. The van der Waals surface area contributed by atoms with Crippen LogP contribution in [0, 0.1) is 0 Å². The third-order valence-corrected chi connectivity index (χ3v) is 4.02. The molecule has 0 bridgehead atoms. The Labute approximate surface area is 133 Å². The Morgan fingerprint density at radius 1 is 1.52 bits per heavy atom. The van der Waals surface area contributed by atoms with Gasteiger partial charge in [-0.3, -0.25) is 4.79 Å². The van der Waals surface area contributed by atoms with Crippen molar-refractivity contribution in [3.8, 4) is 0 Å². The quantitative estimate of drug-likeness (QED) is 0.877. The van der Waals surface area contributed by atoms with E-state index in [2.05, 4.69) is 17.2 Å². The molecule has 0 aliphatic rings. The van der Waals surface area contributed by atoms with E-state index in [0.717, 1.165) is 18.5 Å². The molecule has 2 aromatic rings. The number of thiophene rings is 1. The van der Waals surface area contributed by atoms with E-state index in [0.29, 0.717) is 22.9 Å². The molecular formula is C15H18ClN3OS. The minimum absolute atomic E-state index is 0.104. The van der Waals surface area contributed by atoms with Crippen LogP contribution in [0.4, 0.5) is 5.82 Å². The number of rotatable bonds is 6. The second-order valence-electron chi connectivity index (χ2n) is 4.77. The molecule has 4 nitrogen and oxygen atoms in total. The van der Waals surface area contributed by atoms with Crippen molar-refractivity contribution in [2.24, 2.45) is 0 Å². The number of amides is 1. The molecule has 0 aromatic carbocycles. The van der Waals surface area contributed by atoms with Gasteiger partial charge in [0.1, 0.15) is 5.82 Å². The van der Waals surface area contributed by atoms with Crippen LogP contribution in [-0.4, -0.2) is 29.4 Å². The number of nitrogens with zero attached hydrogens (tertiary/aromatic N) is 2. The molecule has 0 radical (unpaired) electrons. The number of hydrogen-bond acceptors (Lipinski definition) is 4. The topological polar surface area (TPSA) is 45.2 Å². The number of nitrogens with one attached hydrogen (secondary N) is 1. The van der Waals surface area contributed by atoms with Crippen LogP contribution in [0.2, 0.25) is 5.02 Å². The smallest absolute Gasteiger partial charge is 0.255 e. The minimum Gasteiger partial charge on any atom is -0.370 e. The summed E-state index contributed by atoms with van der Waals surface area (Å²) in [6.07, 6.45) is 2.51. The van der Waals surface area contributed by atoms with E-state index in [1.54, 1.807) is 29.4 Å². The SMILES string of the molecule is CCCNc1cc(C(=O)N(C)Cc2ccsc2)c(Cl)cn1. The number of pyridine rings is 1. The molecule has 1 amide bonds. The van der Waals surface area contributed by atoms with Crippen LogP contribution >= 0.6 is 22.9 Å². The fraction of sp³-hybridized carbons (Fsp3) is 0.333. The highest BCUT2D eigenvalue weighted by molar-refractivity contribution is 7.07. The second-order valence-corrected chi connectivity index (χ2v) is 5.96. The van der Waals surface area contributed by atoms with Crippen LogP contribution in [0.25, 0.3) is 0 Å². The number of anilines is 1. The van der Waals surface area contributed by atoms with E-state index in [4.69, 9.17) is 11.6 Å². The lowest BCUT2D eigenvalue weighted by molar-refractivity contribution is 0.0785. The fourth-order valence-electron chi connectivity index (χ4n) is 1.89. The molecule has 112 valence electrons. The van der Waals surface area contributed by atoms with Crippen LogP contribution in [0.15, 0.2) is 29.1 Å². The molecule has 0 unspecified atom stereocenters. The zero-order valence-electron chi connectivity index (χ0n) is 12.1. The molecule has 0 atom stereocenters. The van der Waals surface area contributed by atoms with Crippen molar-refractivity contribution in [1.82, 2.24) is 9.88 Å². The maximum atomic E-state index is 12.5. The Kier molecular flexibility index (Phi) is 5.59. The summed E-state index contributed by atoms with van der Waals surface area (Å²) in [6, 6.07) is 3.72. The Balaban J connectivity index is 2.13. The summed E-state index contributed by atoms with van der Waals surface area (Å²) in [5.41, 5.74) is 1.59. The molecule has 0 saturated heterocycles. The van der Waals surface area contributed by atoms with E-state index in [-0.39, 0.29) is 5.91 Å². The van der Waals surface area contributed by atoms with Crippen molar-refractivity contribution in [3.05, 3.63) is 45.2 Å². The molecule has 21 heavy (non-hydrogen) atoms. The van der Waals surface area contributed by atoms with Crippen molar-refractivity contribution in [3.63, 3.8) is 0 Å². The largest absolute Gasteiger partial charge is 0.370 e. The first-order valence-corrected chi connectivity index (χ1v) is 8.10. The van der Waals surface area contributed by atoms with Gasteiger partial charge in [0.25, 0.3) is 5.91 Å². The summed E-state index contributed by atoms with van der Waals surface area (Å²) in [5, 5.41) is 7.57. The maximum absolute atomic E-state index is 12.5. The van der Waals surface area contributed by atoms with Gasteiger partial charge in [-0.15, -0.1) is 0 Å². The lowest BCUT2D eigenvalue weighted by Crippen LogP contribution is -2.26. The Bertz CT molecular complexity index is 601. The van der Waals surface area contributed by atoms with Gasteiger partial charge in [-0.05, 0) is 34.9 Å². The van der Waals surface area contributed by atoms with Gasteiger partial charge >= 0.3 is 0 Å². The highest BCUT2D eigenvalue weighted by Crippen LogP contribution is 2.20. The van der Waals surface area contributed by atoms with Gasteiger partial charge in [-0.1, -0.05) is 18.5 Å². The molecule has 2 heterocycles. The Morgan fingerprint density at radius 3 is 3.00 bits per heavy atom. The first-order valence-electron chi connectivity index (χ1n) is 6.77. The number of aromatic nitrogens is 1. The van der Waals surface area contributed by atoms with Gasteiger partial charge < -0.3 is 10.2 Å². The van der Waals surface area contributed by atoms with E-state index in [1.807, 2.05) is 16.8 Å².